The Balaban J connectivity index is 1.70. The molecule has 0 bridgehead atoms. The lowest BCUT2D eigenvalue weighted by Crippen LogP contribution is -2.47. The van der Waals surface area contributed by atoms with Gasteiger partial charge in [-0.05, 0) is 13.5 Å². The highest BCUT2D eigenvalue weighted by Crippen LogP contribution is 2.46. The number of carbonyl (C=O) groups is 1. The smallest absolute Gasteiger partial charge is 0.277 e. The summed E-state index contributed by atoms with van der Waals surface area (Å²) >= 11 is 0.928. The van der Waals surface area contributed by atoms with E-state index in [-0.39, 0.29) is 45.7 Å². The highest BCUT2D eigenvalue weighted by atomic mass is 32.2. The van der Waals surface area contributed by atoms with Crippen LogP contribution in [0.3, 0.4) is 0 Å². The van der Waals surface area contributed by atoms with E-state index in [9.17, 15) is 18.0 Å². The van der Waals surface area contributed by atoms with Crippen molar-refractivity contribution in [3.05, 3.63) is 21.6 Å². The molecule has 2 aliphatic heterocycles. The third-order valence-corrected chi connectivity index (χ3v) is 9.76. The molecule has 0 radical (unpaired) electrons. The van der Waals surface area contributed by atoms with Gasteiger partial charge in [0, 0.05) is 39.6 Å². The van der Waals surface area contributed by atoms with Crippen LogP contribution in [0.15, 0.2) is 9.00 Å². The lowest BCUT2D eigenvalue weighted by molar-refractivity contribution is 0.0931. The van der Waals surface area contributed by atoms with Gasteiger partial charge in [-0.3, -0.25) is 14.3 Å². The van der Waals surface area contributed by atoms with Crippen LogP contribution in [0, 0.1) is 0 Å². The number of thiophene rings is 1. The molecule has 0 spiro atoms. The van der Waals surface area contributed by atoms with Crippen LogP contribution in [0.2, 0.25) is 0 Å². The molecule has 1 saturated heterocycles. The number of carbonyl (C=O) groups excluding carboxylic acids is 1. The first-order chi connectivity index (χ1) is 16.2. The number of fused-ring (bicyclic) bond motifs is 2. The van der Waals surface area contributed by atoms with Crippen LogP contribution < -0.4 is 10.3 Å². The van der Waals surface area contributed by atoms with Gasteiger partial charge in [-0.1, -0.05) is 13.3 Å². The number of nitrogens with one attached hydrogen (secondary N) is 1. The van der Waals surface area contributed by atoms with Gasteiger partial charge >= 0.3 is 0 Å². The Bertz CT molecular complexity index is 1450. The Morgan fingerprint density at radius 2 is 1.88 bits per heavy atom. The normalized spacial score (nSPS) is 17.8. The highest BCUT2D eigenvalue weighted by molar-refractivity contribution is 7.91. The molecule has 1 N–H and O–H groups in total. The molecule has 5 rings (SSSR count). The van der Waals surface area contributed by atoms with Gasteiger partial charge in [0.15, 0.2) is 27.1 Å². The van der Waals surface area contributed by atoms with Gasteiger partial charge in [0.1, 0.15) is 10.4 Å². The van der Waals surface area contributed by atoms with Crippen molar-refractivity contribution in [2.45, 2.75) is 30.4 Å². The number of H-pyrrole nitrogens is 1. The third kappa shape index (κ3) is 3.67. The summed E-state index contributed by atoms with van der Waals surface area (Å²) < 4.78 is 35.8. The molecule has 0 amide bonds. The molecular formula is C21H26N6O5S2. The van der Waals surface area contributed by atoms with E-state index in [0.29, 0.717) is 54.2 Å². The van der Waals surface area contributed by atoms with E-state index in [2.05, 4.69) is 20.0 Å². The molecule has 11 nitrogen and oxygen atoms in total. The van der Waals surface area contributed by atoms with Gasteiger partial charge in [-0.2, -0.15) is 9.40 Å². The average molecular weight is 507 g/mol. The summed E-state index contributed by atoms with van der Waals surface area (Å²) in [4.78, 5) is 35.6. The van der Waals surface area contributed by atoms with Crippen molar-refractivity contribution in [3.63, 3.8) is 0 Å². The van der Waals surface area contributed by atoms with Gasteiger partial charge in [0.2, 0.25) is 0 Å². The molecule has 3 aromatic rings. The molecule has 34 heavy (non-hydrogen) atoms. The Kier molecular flexibility index (Phi) is 5.82. The fourth-order valence-corrected chi connectivity index (χ4v) is 7.66. The van der Waals surface area contributed by atoms with Crippen molar-refractivity contribution in [2.75, 3.05) is 39.8 Å². The maximum absolute atomic E-state index is 13.6. The van der Waals surface area contributed by atoms with E-state index in [1.807, 2.05) is 14.0 Å². The summed E-state index contributed by atoms with van der Waals surface area (Å²) in [6, 6.07) is 0. The molecule has 3 aromatic heterocycles. The number of ether oxygens (including phenoxy) is 1. The summed E-state index contributed by atoms with van der Waals surface area (Å²) in [7, 11) is -0.296. The van der Waals surface area contributed by atoms with Crippen LogP contribution in [0.1, 0.15) is 35.8 Å². The fraction of sp³-hybridized carbons (Fsp3) is 0.524. The number of sulfonamides is 1. The average Bonchev–Trinajstić information content (AvgIpc) is 3.34. The first kappa shape index (κ1) is 23.1. The van der Waals surface area contributed by atoms with E-state index in [1.165, 1.54) is 8.99 Å². The number of ketones is 1. The molecular weight excluding hydrogens is 480 g/mol. The summed E-state index contributed by atoms with van der Waals surface area (Å²) in [5, 5.41) is 4.43. The number of aryl methyl sites for hydroxylation is 2. The van der Waals surface area contributed by atoms with Crippen LogP contribution >= 0.6 is 11.3 Å². The Morgan fingerprint density at radius 3 is 2.59 bits per heavy atom. The second-order valence-electron chi connectivity index (χ2n) is 8.58. The fourth-order valence-electron chi connectivity index (χ4n) is 4.39. The number of hydrogen-bond donors (Lipinski definition) is 1. The van der Waals surface area contributed by atoms with Crippen LogP contribution in [-0.4, -0.2) is 83.0 Å². The molecule has 0 aromatic carbocycles. The summed E-state index contributed by atoms with van der Waals surface area (Å²) in [5.74, 6) is 0.0731. The Hall–Kier alpha value is -2.61. The molecule has 1 fully saturated rings. The summed E-state index contributed by atoms with van der Waals surface area (Å²) in [5.41, 5.74) is 1.19. The van der Waals surface area contributed by atoms with E-state index in [0.717, 1.165) is 17.8 Å². The molecule has 0 aliphatic carbocycles. The second kappa shape index (κ2) is 8.56. The molecule has 182 valence electrons. The van der Waals surface area contributed by atoms with Gasteiger partial charge in [-0.15, -0.1) is 11.3 Å². The zero-order valence-corrected chi connectivity index (χ0v) is 20.9. The molecule has 0 saturated carbocycles. The molecule has 13 heteroatoms. The lowest BCUT2D eigenvalue weighted by atomic mass is 10.1. The zero-order valence-electron chi connectivity index (χ0n) is 19.3. The number of nitrogens with zero attached hydrogens (tertiary/aromatic N) is 5. The van der Waals surface area contributed by atoms with Crippen LogP contribution in [0.4, 0.5) is 0 Å². The van der Waals surface area contributed by atoms with E-state index in [1.54, 1.807) is 7.05 Å². The Morgan fingerprint density at radius 1 is 1.15 bits per heavy atom. The number of hydrogen-bond acceptors (Lipinski definition) is 9. The number of aromatic nitrogens is 4. The topological polar surface area (TPSA) is 130 Å². The van der Waals surface area contributed by atoms with Crippen molar-refractivity contribution in [3.8, 4) is 16.5 Å². The standard InChI is InChI=1S/C21H26N6O5S2/c1-4-5-12-15-16(26(3)24-12)20(29)23-19(22-15)18-17-14(13(28)6-11-32-17)21(33-18)34(30,31)27-9-7-25(2)8-10-27/h4-11H2,1-3H3,(H,22,23,29). The largest absolute Gasteiger partial charge is 0.491 e. The van der Waals surface area contributed by atoms with Crippen LogP contribution in [0.5, 0.6) is 5.75 Å². The van der Waals surface area contributed by atoms with Crippen LogP contribution in [-0.2, 0) is 23.5 Å². The van der Waals surface area contributed by atoms with Crippen molar-refractivity contribution in [2.24, 2.45) is 7.05 Å². The minimum absolute atomic E-state index is 0.0468. The summed E-state index contributed by atoms with van der Waals surface area (Å²) in [6.07, 6.45) is 1.57. The third-order valence-electron chi connectivity index (χ3n) is 6.19. The monoisotopic (exact) mass is 506 g/mol. The molecule has 0 atom stereocenters. The first-order valence-electron chi connectivity index (χ1n) is 11.2. The van der Waals surface area contributed by atoms with Gasteiger partial charge in [0.05, 0.1) is 17.9 Å². The van der Waals surface area contributed by atoms with Crippen molar-refractivity contribution in [1.82, 2.24) is 29.0 Å². The minimum atomic E-state index is -3.92. The molecule has 2 aliphatic rings. The first-order valence-corrected chi connectivity index (χ1v) is 13.5. The predicted molar refractivity (Wildman–Crippen MR) is 127 cm³/mol. The number of rotatable bonds is 5. The quantitative estimate of drug-likeness (QED) is 0.547. The van der Waals surface area contributed by atoms with E-state index >= 15 is 0 Å². The predicted octanol–water partition coefficient (Wildman–Crippen LogP) is 1.24. The lowest BCUT2D eigenvalue weighted by Gasteiger charge is -2.31. The van der Waals surface area contributed by atoms with Crippen LogP contribution in [0.25, 0.3) is 21.7 Å². The van der Waals surface area contributed by atoms with Crippen molar-refractivity contribution < 1.29 is 17.9 Å². The van der Waals surface area contributed by atoms with Gasteiger partial charge in [-0.25, -0.2) is 13.4 Å². The number of aromatic amines is 1. The SMILES string of the molecule is CCCc1nn(C)c2c(=O)[nH]c(-c3sc(S(=O)(=O)N4CCN(C)CC4)c4c3OCCC4=O)nc12. The summed E-state index contributed by atoms with van der Waals surface area (Å²) in [6.45, 7) is 4.05. The van der Waals surface area contributed by atoms with Gasteiger partial charge in [0.25, 0.3) is 15.6 Å². The van der Waals surface area contributed by atoms with Gasteiger partial charge < -0.3 is 14.6 Å². The number of piperazine rings is 1. The number of Topliss-reactive ketones (excluding diaryl/α,β-unsaturated/α-hetero) is 1. The minimum Gasteiger partial charge on any atom is -0.491 e. The Labute approximate surface area is 200 Å². The molecule has 5 heterocycles. The molecule has 0 unspecified atom stereocenters. The van der Waals surface area contributed by atoms with Crippen molar-refractivity contribution >= 4 is 38.2 Å². The zero-order chi connectivity index (χ0) is 24.2. The number of likely N-dealkylation sites (N-methyl/N-ethyl adjacent to an activating group) is 1. The van der Waals surface area contributed by atoms with E-state index in [4.69, 9.17) is 4.74 Å². The maximum Gasteiger partial charge on any atom is 0.277 e. The van der Waals surface area contributed by atoms with E-state index < -0.39 is 10.0 Å². The maximum atomic E-state index is 13.6. The second-order valence-corrected chi connectivity index (χ2v) is 11.7. The van der Waals surface area contributed by atoms with Crippen molar-refractivity contribution in [1.29, 1.82) is 0 Å². The highest BCUT2D eigenvalue weighted by Gasteiger charge is 2.39.